The van der Waals surface area contributed by atoms with Crippen LogP contribution in [0.15, 0.2) is 36.4 Å². The quantitative estimate of drug-likeness (QED) is 0.857. The lowest BCUT2D eigenvalue weighted by Crippen LogP contribution is -1.89. The topological polar surface area (TPSA) is 40.5 Å². The van der Waals surface area contributed by atoms with Gasteiger partial charge in [0.2, 0.25) is 0 Å². The second kappa shape index (κ2) is 5.13. The van der Waals surface area contributed by atoms with E-state index in [9.17, 15) is 10.2 Å². The minimum absolute atomic E-state index is 0.0879. The number of rotatable bonds is 3. The van der Waals surface area contributed by atoms with E-state index in [0.717, 1.165) is 24.0 Å². The molecule has 0 atom stereocenters. The molecule has 2 aromatic carbocycles. The van der Waals surface area contributed by atoms with Gasteiger partial charge in [-0.25, -0.2) is 0 Å². The summed E-state index contributed by atoms with van der Waals surface area (Å²) in [7, 11) is 0. The summed E-state index contributed by atoms with van der Waals surface area (Å²) < 4.78 is 0. The number of hydrogen-bond donors (Lipinski definition) is 2. The summed E-state index contributed by atoms with van der Waals surface area (Å²) in [6.45, 7) is 4.25. The molecule has 0 aliphatic carbocycles. The van der Waals surface area contributed by atoms with Crippen LogP contribution in [0.4, 0.5) is 0 Å². The van der Waals surface area contributed by atoms with Crippen LogP contribution >= 0.6 is 0 Å². The summed E-state index contributed by atoms with van der Waals surface area (Å²) in [5.74, 6) is 0.176. The molecule has 0 aromatic heterocycles. The highest BCUT2D eigenvalue weighted by Crippen LogP contribution is 2.30. The fourth-order valence-corrected chi connectivity index (χ4v) is 2.10. The zero-order chi connectivity index (χ0) is 13.1. The van der Waals surface area contributed by atoms with Crippen LogP contribution < -0.4 is 0 Å². The molecule has 94 valence electrons. The SMILES string of the molecule is CCc1cc(CC)cc(-c2cc(O)cc(O)c2)c1. The second-order valence-electron chi connectivity index (χ2n) is 4.48. The molecule has 2 aromatic rings. The lowest BCUT2D eigenvalue weighted by Gasteiger charge is -2.09. The molecule has 0 heterocycles. The van der Waals surface area contributed by atoms with Crippen LogP contribution in [-0.4, -0.2) is 10.2 Å². The molecule has 0 amide bonds. The monoisotopic (exact) mass is 242 g/mol. The molecule has 0 radical (unpaired) electrons. The molecule has 2 N–H and O–H groups in total. The van der Waals surface area contributed by atoms with Gasteiger partial charge in [0.25, 0.3) is 0 Å². The fourth-order valence-electron chi connectivity index (χ4n) is 2.10. The molecule has 0 saturated carbocycles. The molecule has 0 saturated heterocycles. The van der Waals surface area contributed by atoms with Gasteiger partial charge in [-0.1, -0.05) is 32.0 Å². The Kier molecular flexibility index (Phi) is 3.56. The molecule has 0 fully saturated rings. The molecular formula is C16H18O2. The Morgan fingerprint density at radius 3 is 1.56 bits per heavy atom. The Hall–Kier alpha value is -1.96. The summed E-state index contributed by atoms with van der Waals surface area (Å²) in [6.07, 6.45) is 1.96. The predicted octanol–water partition coefficient (Wildman–Crippen LogP) is 3.89. The minimum atomic E-state index is 0.0879. The van der Waals surface area contributed by atoms with Crippen molar-refractivity contribution in [2.75, 3.05) is 0 Å². The first kappa shape index (κ1) is 12.5. The summed E-state index contributed by atoms with van der Waals surface area (Å²) >= 11 is 0. The van der Waals surface area contributed by atoms with Gasteiger partial charge in [-0.05, 0) is 47.2 Å². The molecule has 2 heteroatoms. The average molecular weight is 242 g/mol. The Labute approximate surface area is 108 Å². The first-order chi connectivity index (χ1) is 8.62. The number of aromatic hydroxyl groups is 2. The molecule has 0 unspecified atom stereocenters. The van der Waals surface area contributed by atoms with Crippen LogP contribution in [0.3, 0.4) is 0 Å². The maximum Gasteiger partial charge on any atom is 0.119 e. The molecule has 0 spiro atoms. The number of benzene rings is 2. The molecule has 0 aliphatic heterocycles. The van der Waals surface area contributed by atoms with E-state index in [1.54, 1.807) is 12.1 Å². The van der Waals surface area contributed by atoms with Crippen LogP contribution in [-0.2, 0) is 12.8 Å². The number of phenols is 2. The largest absolute Gasteiger partial charge is 0.508 e. The van der Waals surface area contributed by atoms with Gasteiger partial charge in [0.05, 0.1) is 0 Å². The Morgan fingerprint density at radius 1 is 0.667 bits per heavy atom. The van der Waals surface area contributed by atoms with Gasteiger partial charge in [0.1, 0.15) is 11.5 Å². The lowest BCUT2D eigenvalue weighted by atomic mass is 9.97. The first-order valence-corrected chi connectivity index (χ1v) is 6.28. The highest BCUT2D eigenvalue weighted by Gasteiger charge is 2.05. The van der Waals surface area contributed by atoms with E-state index in [1.807, 2.05) is 0 Å². The van der Waals surface area contributed by atoms with Crippen molar-refractivity contribution in [1.82, 2.24) is 0 Å². The van der Waals surface area contributed by atoms with Crippen molar-refractivity contribution in [3.63, 3.8) is 0 Å². The van der Waals surface area contributed by atoms with Gasteiger partial charge in [0.15, 0.2) is 0 Å². The van der Waals surface area contributed by atoms with Gasteiger partial charge in [0, 0.05) is 6.07 Å². The van der Waals surface area contributed by atoms with Gasteiger partial charge in [-0.3, -0.25) is 0 Å². The van der Waals surface area contributed by atoms with Crippen LogP contribution in [0.25, 0.3) is 11.1 Å². The highest BCUT2D eigenvalue weighted by molar-refractivity contribution is 5.68. The van der Waals surface area contributed by atoms with Crippen LogP contribution in [0.5, 0.6) is 11.5 Å². The van der Waals surface area contributed by atoms with E-state index in [4.69, 9.17) is 0 Å². The van der Waals surface area contributed by atoms with E-state index in [0.29, 0.717) is 0 Å². The van der Waals surface area contributed by atoms with Crippen LogP contribution in [0.2, 0.25) is 0 Å². The van der Waals surface area contributed by atoms with Crippen molar-refractivity contribution >= 4 is 0 Å². The van der Waals surface area contributed by atoms with Gasteiger partial charge < -0.3 is 10.2 Å². The highest BCUT2D eigenvalue weighted by atomic mass is 16.3. The third-order valence-electron chi connectivity index (χ3n) is 3.10. The Balaban J connectivity index is 2.55. The molecular weight excluding hydrogens is 224 g/mol. The third-order valence-corrected chi connectivity index (χ3v) is 3.10. The van der Waals surface area contributed by atoms with E-state index >= 15 is 0 Å². The Morgan fingerprint density at radius 2 is 1.11 bits per heavy atom. The summed E-state index contributed by atoms with van der Waals surface area (Å²) in [5.41, 5.74) is 4.43. The van der Waals surface area contributed by atoms with Crippen molar-refractivity contribution in [1.29, 1.82) is 0 Å². The van der Waals surface area contributed by atoms with Crippen molar-refractivity contribution in [3.8, 4) is 22.6 Å². The number of hydrogen-bond acceptors (Lipinski definition) is 2. The first-order valence-electron chi connectivity index (χ1n) is 6.28. The average Bonchev–Trinajstić information content (AvgIpc) is 2.37. The van der Waals surface area contributed by atoms with Gasteiger partial charge in [-0.15, -0.1) is 0 Å². The standard InChI is InChI=1S/C16H18O2/c1-3-11-5-12(4-2)7-13(6-11)14-8-15(17)10-16(18)9-14/h5-10,17-18H,3-4H2,1-2H3. The maximum atomic E-state index is 9.55. The van der Waals surface area contributed by atoms with Gasteiger partial charge >= 0.3 is 0 Å². The molecule has 2 rings (SSSR count). The zero-order valence-electron chi connectivity index (χ0n) is 10.8. The summed E-state index contributed by atoms with van der Waals surface area (Å²) in [6, 6.07) is 11.1. The van der Waals surface area contributed by atoms with E-state index in [1.165, 1.54) is 17.2 Å². The smallest absolute Gasteiger partial charge is 0.119 e. The molecule has 18 heavy (non-hydrogen) atoms. The van der Waals surface area contributed by atoms with Gasteiger partial charge in [-0.2, -0.15) is 0 Å². The van der Waals surface area contributed by atoms with Crippen LogP contribution in [0.1, 0.15) is 25.0 Å². The van der Waals surface area contributed by atoms with E-state index in [2.05, 4.69) is 32.0 Å². The number of aryl methyl sites for hydroxylation is 2. The minimum Gasteiger partial charge on any atom is -0.508 e. The van der Waals surface area contributed by atoms with Crippen molar-refractivity contribution in [3.05, 3.63) is 47.5 Å². The molecule has 2 nitrogen and oxygen atoms in total. The van der Waals surface area contributed by atoms with Crippen molar-refractivity contribution in [2.45, 2.75) is 26.7 Å². The van der Waals surface area contributed by atoms with Crippen molar-refractivity contribution in [2.24, 2.45) is 0 Å². The third kappa shape index (κ3) is 2.65. The maximum absolute atomic E-state index is 9.55. The summed E-state index contributed by atoms with van der Waals surface area (Å²) in [5, 5.41) is 19.1. The normalized spacial score (nSPS) is 10.6. The Bertz CT molecular complexity index is 517. The predicted molar refractivity (Wildman–Crippen MR) is 74.0 cm³/mol. The fraction of sp³-hybridized carbons (Fsp3) is 0.250. The van der Waals surface area contributed by atoms with Crippen molar-refractivity contribution < 1.29 is 10.2 Å². The van der Waals surface area contributed by atoms with Crippen LogP contribution in [0, 0.1) is 0 Å². The zero-order valence-corrected chi connectivity index (χ0v) is 10.8. The lowest BCUT2D eigenvalue weighted by molar-refractivity contribution is 0.451. The van der Waals surface area contributed by atoms with E-state index < -0.39 is 0 Å². The van der Waals surface area contributed by atoms with E-state index in [-0.39, 0.29) is 11.5 Å². The molecule has 0 bridgehead atoms. The second-order valence-corrected chi connectivity index (χ2v) is 4.48. The summed E-state index contributed by atoms with van der Waals surface area (Å²) in [4.78, 5) is 0. The number of phenolic OH excluding ortho intramolecular Hbond substituents is 2. The molecule has 0 aliphatic rings.